The molecule has 0 aliphatic heterocycles. The first kappa shape index (κ1) is 20.4. The molecule has 126 valence electrons. The third kappa shape index (κ3) is 8.45. The lowest BCUT2D eigenvalue weighted by Gasteiger charge is -2.31. The predicted molar refractivity (Wildman–Crippen MR) is 88.0 cm³/mol. The van der Waals surface area contributed by atoms with Crippen LogP contribution in [0.25, 0.3) is 0 Å². The Balaban J connectivity index is 4.70. The van der Waals surface area contributed by atoms with Gasteiger partial charge in [-0.25, -0.2) is 4.79 Å². The molecule has 0 heterocycles. The average Bonchev–Trinajstić information content (AvgIpc) is 2.51. The Morgan fingerprint density at radius 3 is 1.57 bits per heavy atom. The minimum atomic E-state index is -0.325. The van der Waals surface area contributed by atoms with E-state index in [1.165, 1.54) is 0 Å². The number of hydrogen-bond donors (Lipinski definition) is 0. The van der Waals surface area contributed by atoms with E-state index >= 15 is 0 Å². The quantitative estimate of drug-likeness (QED) is 0.230. The molecule has 0 spiro atoms. The van der Waals surface area contributed by atoms with Crippen molar-refractivity contribution in [1.82, 2.24) is 0 Å². The zero-order chi connectivity index (χ0) is 16.0. The maximum Gasteiger partial charge on any atom is 0.348 e. The average molecular weight is 300 g/mol. The van der Waals surface area contributed by atoms with Gasteiger partial charge in [0.1, 0.15) is 0 Å². The molecule has 0 atom stereocenters. The number of hydrogen-bond acceptors (Lipinski definition) is 3. The summed E-state index contributed by atoms with van der Waals surface area (Å²) < 4.78 is 0. The van der Waals surface area contributed by atoms with Crippen molar-refractivity contribution in [3.63, 3.8) is 0 Å². The smallest absolute Gasteiger partial charge is 0.298 e. The monoisotopic (exact) mass is 300 g/mol. The van der Waals surface area contributed by atoms with Crippen molar-refractivity contribution in [3.05, 3.63) is 0 Å². The van der Waals surface area contributed by atoms with Crippen molar-refractivity contribution in [2.24, 2.45) is 5.41 Å². The summed E-state index contributed by atoms with van der Waals surface area (Å²) in [5.41, 5.74) is -0.325. The molecule has 0 N–H and O–H groups in total. The first-order chi connectivity index (χ1) is 10.2. The van der Waals surface area contributed by atoms with Crippen molar-refractivity contribution in [3.8, 4) is 0 Å². The minimum Gasteiger partial charge on any atom is -0.298 e. The van der Waals surface area contributed by atoms with E-state index in [4.69, 9.17) is 9.78 Å². The van der Waals surface area contributed by atoms with Gasteiger partial charge in [0.15, 0.2) is 0 Å². The Kier molecular flexibility index (Phi) is 12.8. The molecule has 0 aliphatic carbocycles. The van der Waals surface area contributed by atoms with E-state index < -0.39 is 0 Å². The second kappa shape index (κ2) is 13.1. The van der Waals surface area contributed by atoms with Gasteiger partial charge < -0.3 is 0 Å². The topological polar surface area (TPSA) is 35.5 Å². The first-order valence-corrected chi connectivity index (χ1v) is 9.00. The molecule has 0 fully saturated rings. The number of rotatable bonds is 14. The molecule has 3 nitrogen and oxygen atoms in total. The van der Waals surface area contributed by atoms with Gasteiger partial charge >= 0.3 is 5.97 Å². The van der Waals surface area contributed by atoms with E-state index in [1.54, 1.807) is 0 Å². The van der Waals surface area contributed by atoms with E-state index in [2.05, 4.69) is 27.7 Å². The highest BCUT2D eigenvalue weighted by Gasteiger charge is 2.39. The fourth-order valence-electron chi connectivity index (χ4n) is 2.61. The van der Waals surface area contributed by atoms with Crippen molar-refractivity contribution >= 4 is 5.97 Å². The molecule has 0 aromatic rings. The Labute approximate surface area is 131 Å². The van der Waals surface area contributed by atoms with Crippen LogP contribution in [-0.2, 0) is 14.6 Å². The van der Waals surface area contributed by atoms with Crippen LogP contribution in [0.4, 0.5) is 0 Å². The van der Waals surface area contributed by atoms with Crippen LogP contribution in [0.3, 0.4) is 0 Å². The standard InChI is InChI=1S/C18H36O3/c1-5-9-13-18(14-10-6-2,15-11-7-3)17(19)21-20-16-12-8-4/h5-16H2,1-4H3. The first-order valence-electron chi connectivity index (χ1n) is 9.00. The molecular formula is C18H36O3. The zero-order valence-corrected chi connectivity index (χ0v) is 14.7. The van der Waals surface area contributed by atoms with Crippen LogP contribution in [0.15, 0.2) is 0 Å². The molecule has 0 amide bonds. The van der Waals surface area contributed by atoms with E-state index in [0.717, 1.165) is 70.6 Å². The fourth-order valence-corrected chi connectivity index (χ4v) is 2.61. The summed E-state index contributed by atoms with van der Waals surface area (Å²) in [6, 6.07) is 0. The third-order valence-corrected chi connectivity index (χ3v) is 4.18. The van der Waals surface area contributed by atoms with Gasteiger partial charge in [0.25, 0.3) is 0 Å². The van der Waals surface area contributed by atoms with E-state index in [0.29, 0.717) is 6.61 Å². The molecule has 0 saturated carbocycles. The SMILES string of the molecule is CCCCOOC(=O)C(CCCC)(CCCC)CCCC. The molecule has 3 heteroatoms. The van der Waals surface area contributed by atoms with Gasteiger partial charge in [-0.05, 0) is 25.7 Å². The third-order valence-electron chi connectivity index (χ3n) is 4.18. The Morgan fingerprint density at radius 1 is 0.762 bits per heavy atom. The summed E-state index contributed by atoms with van der Waals surface area (Å²) in [6.07, 6.45) is 11.4. The molecule has 21 heavy (non-hydrogen) atoms. The van der Waals surface area contributed by atoms with Gasteiger partial charge in [-0.3, -0.25) is 4.89 Å². The van der Waals surface area contributed by atoms with Crippen molar-refractivity contribution < 1.29 is 14.6 Å². The van der Waals surface area contributed by atoms with E-state index in [1.807, 2.05) is 0 Å². The number of carbonyl (C=O) groups excluding carboxylic acids is 1. The molecule has 0 radical (unpaired) electrons. The molecule has 0 rings (SSSR count). The van der Waals surface area contributed by atoms with Crippen LogP contribution in [0.5, 0.6) is 0 Å². The van der Waals surface area contributed by atoms with Crippen molar-refractivity contribution in [2.45, 2.75) is 98.3 Å². The maximum absolute atomic E-state index is 12.6. The Hall–Kier alpha value is -0.570. The normalized spacial score (nSPS) is 11.6. The largest absolute Gasteiger partial charge is 0.348 e. The Bertz CT molecular complexity index is 229. The lowest BCUT2D eigenvalue weighted by molar-refractivity contribution is -0.282. The lowest BCUT2D eigenvalue weighted by Crippen LogP contribution is -2.33. The van der Waals surface area contributed by atoms with E-state index in [9.17, 15) is 4.79 Å². The van der Waals surface area contributed by atoms with Crippen molar-refractivity contribution in [2.75, 3.05) is 6.61 Å². The molecule has 0 aliphatic rings. The summed E-state index contributed by atoms with van der Waals surface area (Å²) in [5.74, 6) is -0.131. The van der Waals surface area contributed by atoms with Crippen LogP contribution in [0, 0.1) is 5.41 Å². The molecule has 0 aromatic heterocycles. The minimum absolute atomic E-state index is 0.131. The predicted octanol–water partition coefficient (Wildman–Crippen LogP) is 5.82. The van der Waals surface area contributed by atoms with Crippen LogP contribution in [0.1, 0.15) is 98.3 Å². The summed E-state index contributed by atoms with van der Waals surface area (Å²) in [7, 11) is 0. The van der Waals surface area contributed by atoms with Crippen LogP contribution >= 0.6 is 0 Å². The number of carbonyl (C=O) groups is 1. The summed E-state index contributed by atoms with van der Waals surface area (Å²) in [4.78, 5) is 22.9. The molecule has 0 bridgehead atoms. The summed E-state index contributed by atoms with van der Waals surface area (Å²) in [5, 5.41) is 0. The van der Waals surface area contributed by atoms with Gasteiger partial charge in [-0.15, -0.1) is 0 Å². The van der Waals surface area contributed by atoms with Gasteiger partial charge in [0, 0.05) is 0 Å². The second-order valence-corrected chi connectivity index (χ2v) is 6.14. The molecule has 0 unspecified atom stereocenters. The molecular weight excluding hydrogens is 264 g/mol. The fraction of sp³-hybridized carbons (Fsp3) is 0.944. The molecule has 0 aromatic carbocycles. The second-order valence-electron chi connectivity index (χ2n) is 6.14. The highest BCUT2D eigenvalue weighted by molar-refractivity contribution is 5.76. The van der Waals surface area contributed by atoms with Crippen LogP contribution in [-0.4, -0.2) is 12.6 Å². The van der Waals surface area contributed by atoms with Crippen molar-refractivity contribution in [1.29, 1.82) is 0 Å². The Morgan fingerprint density at radius 2 is 1.19 bits per heavy atom. The van der Waals surface area contributed by atoms with Gasteiger partial charge in [-0.2, -0.15) is 4.89 Å². The zero-order valence-electron chi connectivity index (χ0n) is 14.7. The highest BCUT2D eigenvalue weighted by atomic mass is 17.2. The van der Waals surface area contributed by atoms with Gasteiger partial charge in [-0.1, -0.05) is 72.6 Å². The van der Waals surface area contributed by atoms with Gasteiger partial charge in [0.2, 0.25) is 0 Å². The summed E-state index contributed by atoms with van der Waals surface area (Å²) in [6.45, 7) is 9.13. The van der Waals surface area contributed by atoms with Crippen LogP contribution in [0.2, 0.25) is 0 Å². The van der Waals surface area contributed by atoms with Gasteiger partial charge in [0.05, 0.1) is 12.0 Å². The summed E-state index contributed by atoms with van der Waals surface area (Å²) >= 11 is 0. The van der Waals surface area contributed by atoms with E-state index in [-0.39, 0.29) is 11.4 Å². The maximum atomic E-state index is 12.6. The van der Waals surface area contributed by atoms with Crippen LogP contribution < -0.4 is 0 Å². The number of unbranched alkanes of at least 4 members (excludes halogenated alkanes) is 4. The lowest BCUT2D eigenvalue weighted by atomic mass is 9.74. The highest BCUT2D eigenvalue weighted by Crippen LogP contribution is 2.38. The molecule has 0 saturated heterocycles.